The van der Waals surface area contributed by atoms with Crippen LogP contribution in [0.4, 0.5) is 4.39 Å². The Morgan fingerprint density at radius 1 is 1.05 bits per heavy atom. The second-order valence-corrected chi connectivity index (χ2v) is 4.83. The molecule has 2 aromatic rings. The summed E-state index contributed by atoms with van der Waals surface area (Å²) in [5, 5.41) is 3.44. The molecule has 0 aliphatic rings. The summed E-state index contributed by atoms with van der Waals surface area (Å²) in [5.41, 5.74) is 2.37. The predicted molar refractivity (Wildman–Crippen MR) is 79.5 cm³/mol. The first-order valence-corrected chi connectivity index (χ1v) is 6.81. The van der Waals surface area contributed by atoms with Crippen LogP contribution in [0.15, 0.2) is 48.5 Å². The Balaban J connectivity index is 1.81. The van der Waals surface area contributed by atoms with Crippen molar-refractivity contribution in [1.82, 2.24) is 5.32 Å². The summed E-state index contributed by atoms with van der Waals surface area (Å²) in [5.74, 6) is 0.681. The van der Waals surface area contributed by atoms with E-state index in [4.69, 9.17) is 4.74 Å². The van der Waals surface area contributed by atoms with Gasteiger partial charge in [-0.25, -0.2) is 4.39 Å². The SMILES string of the molecule is COc1ccc(CCN[C@@H](C)c2ccc(F)cc2)cc1. The maximum atomic E-state index is 12.9. The van der Waals surface area contributed by atoms with Gasteiger partial charge < -0.3 is 10.1 Å². The van der Waals surface area contributed by atoms with Crippen molar-refractivity contribution in [1.29, 1.82) is 0 Å². The van der Waals surface area contributed by atoms with E-state index in [0.29, 0.717) is 0 Å². The van der Waals surface area contributed by atoms with Crippen LogP contribution in [0.25, 0.3) is 0 Å². The third-order valence-corrected chi connectivity index (χ3v) is 3.39. The van der Waals surface area contributed by atoms with Crippen LogP contribution in [0.5, 0.6) is 5.75 Å². The molecule has 20 heavy (non-hydrogen) atoms. The maximum Gasteiger partial charge on any atom is 0.123 e. The van der Waals surface area contributed by atoms with Gasteiger partial charge in [0.25, 0.3) is 0 Å². The van der Waals surface area contributed by atoms with Crippen molar-refractivity contribution >= 4 is 0 Å². The molecule has 0 saturated heterocycles. The molecule has 0 aliphatic carbocycles. The average Bonchev–Trinajstić information content (AvgIpc) is 2.48. The zero-order valence-electron chi connectivity index (χ0n) is 11.9. The van der Waals surface area contributed by atoms with Gasteiger partial charge in [-0.3, -0.25) is 0 Å². The van der Waals surface area contributed by atoms with Crippen LogP contribution in [0.2, 0.25) is 0 Å². The molecular weight excluding hydrogens is 253 g/mol. The molecule has 1 N–H and O–H groups in total. The first kappa shape index (κ1) is 14.5. The molecule has 0 aliphatic heterocycles. The van der Waals surface area contributed by atoms with Gasteiger partial charge in [-0.15, -0.1) is 0 Å². The summed E-state index contributed by atoms with van der Waals surface area (Å²) >= 11 is 0. The zero-order valence-corrected chi connectivity index (χ0v) is 11.9. The molecule has 0 fully saturated rings. The van der Waals surface area contributed by atoms with Gasteiger partial charge in [0, 0.05) is 6.04 Å². The van der Waals surface area contributed by atoms with Gasteiger partial charge in [0.05, 0.1) is 7.11 Å². The number of hydrogen-bond donors (Lipinski definition) is 1. The molecule has 106 valence electrons. The third kappa shape index (κ3) is 4.07. The Hall–Kier alpha value is -1.87. The van der Waals surface area contributed by atoms with Crippen molar-refractivity contribution in [2.24, 2.45) is 0 Å². The molecule has 0 bridgehead atoms. The lowest BCUT2D eigenvalue weighted by atomic mass is 10.1. The highest BCUT2D eigenvalue weighted by Crippen LogP contribution is 2.14. The lowest BCUT2D eigenvalue weighted by Gasteiger charge is -2.14. The molecule has 2 nitrogen and oxygen atoms in total. The number of rotatable bonds is 6. The monoisotopic (exact) mass is 273 g/mol. The molecule has 0 spiro atoms. The minimum atomic E-state index is -0.195. The van der Waals surface area contributed by atoms with E-state index in [9.17, 15) is 4.39 Å². The van der Waals surface area contributed by atoms with Crippen molar-refractivity contribution in [3.8, 4) is 5.75 Å². The minimum absolute atomic E-state index is 0.195. The Kier molecular flexibility index (Phi) is 5.13. The van der Waals surface area contributed by atoms with Crippen LogP contribution in [0.3, 0.4) is 0 Å². The average molecular weight is 273 g/mol. The lowest BCUT2D eigenvalue weighted by molar-refractivity contribution is 0.414. The molecule has 2 aromatic carbocycles. The Morgan fingerprint density at radius 3 is 2.30 bits per heavy atom. The van der Waals surface area contributed by atoms with Crippen LogP contribution in [0.1, 0.15) is 24.1 Å². The van der Waals surface area contributed by atoms with E-state index in [1.54, 1.807) is 7.11 Å². The van der Waals surface area contributed by atoms with Crippen LogP contribution in [-0.2, 0) is 6.42 Å². The van der Waals surface area contributed by atoms with Gasteiger partial charge in [-0.1, -0.05) is 24.3 Å². The fourth-order valence-electron chi connectivity index (χ4n) is 2.09. The second kappa shape index (κ2) is 7.06. The van der Waals surface area contributed by atoms with Gasteiger partial charge in [-0.05, 0) is 55.3 Å². The number of hydrogen-bond acceptors (Lipinski definition) is 2. The topological polar surface area (TPSA) is 21.3 Å². The van der Waals surface area contributed by atoms with Gasteiger partial charge in [-0.2, -0.15) is 0 Å². The largest absolute Gasteiger partial charge is 0.497 e. The van der Waals surface area contributed by atoms with Crippen molar-refractivity contribution in [3.05, 3.63) is 65.5 Å². The fraction of sp³-hybridized carbons (Fsp3) is 0.294. The van der Waals surface area contributed by atoms with E-state index in [0.717, 1.165) is 24.3 Å². The van der Waals surface area contributed by atoms with Crippen molar-refractivity contribution < 1.29 is 9.13 Å². The predicted octanol–water partition coefficient (Wildman–Crippen LogP) is 3.73. The highest BCUT2D eigenvalue weighted by atomic mass is 19.1. The van der Waals surface area contributed by atoms with Crippen molar-refractivity contribution in [3.63, 3.8) is 0 Å². The van der Waals surface area contributed by atoms with E-state index in [-0.39, 0.29) is 11.9 Å². The van der Waals surface area contributed by atoms with Crippen LogP contribution in [-0.4, -0.2) is 13.7 Å². The van der Waals surface area contributed by atoms with Crippen molar-refractivity contribution in [2.45, 2.75) is 19.4 Å². The first-order valence-electron chi connectivity index (χ1n) is 6.81. The summed E-state index contributed by atoms with van der Waals surface area (Å²) in [6.45, 7) is 2.96. The number of ether oxygens (including phenoxy) is 1. The van der Waals surface area contributed by atoms with Gasteiger partial charge in [0.1, 0.15) is 11.6 Å². The van der Waals surface area contributed by atoms with Crippen LogP contribution < -0.4 is 10.1 Å². The highest BCUT2D eigenvalue weighted by Gasteiger charge is 2.04. The molecule has 2 rings (SSSR count). The molecule has 0 amide bonds. The quantitative estimate of drug-likeness (QED) is 0.866. The molecule has 0 unspecified atom stereocenters. The normalized spacial score (nSPS) is 12.2. The van der Waals surface area contributed by atoms with E-state index in [1.807, 2.05) is 24.3 Å². The summed E-state index contributed by atoms with van der Waals surface area (Å²) < 4.78 is 18.0. The minimum Gasteiger partial charge on any atom is -0.497 e. The summed E-state index contributed by atoms with van der Waals surface area (Å²) in [4.78, 5) is 0. The third-order valence-electron chi connectivity index (χ3n) is 3.39. The fourth-order valence-corrected chi connectivity index (χ4v) is 2.09. The number of methoxy groups -OCH3 is 1. The van der Waals surface area contributed by atoms with Gasteiger partial charge in [0.2, 0.25) is 0 Å². The highest BCUT2D eigenvalue weighted by molar-refractivity contribution is 5.27. The smallest absolute Gasteiger partial charge is 0.123 e. The molecular formula is C17H20FNO. The summed E-state index contributed by atoms with van der Waals surface area (Å²) in [6, 6.07) is 14.9. The Labute approximate surface area is 119 Å². The molecule has 3 heteroatoms. The van der Waals surface area contributed by atoms with E-state index in [1.165, 1.54) is 17.7 Å². The zero-order chi connectivity index (χ0) is 14.4. The molecule has 0 radical (unpaired) electrons. The van der Waals surface area contributed by atoms with Crippen molar-refractivity contribution in [2.75, 3.05) is 13.7 Å². The summed E-state index contributed by atoms with van der Waals surface area (Å²) in [6.07, 6.45) is 0.954. The van der Waals surface area contributed by atoms with Crippen LogP contribution >= 0.6 is 0 Å². The van der Waals surface area contributed by atoms with E-state index >= 15 is 0 Å². The maximum absolute atomic E-state index is 12.9. The molecule has 0 saturated carbocycles. The number of benzene rings is 2. The van der Waals surface area contributed by atoms with Crippen LogP contribution in [0, 0.1) is 5.82 Å². The summed E-state index contributed by atoms with van der Waals surface area (Å²) in [7, 11) is 1.67. The standard InChI is InChI=1S/C17H20FNO/c1-13(15-5-7-16(18)8-6-15)19-12-11-14-3-9-17(20-2)10-4-14/h3-10,13,19H,11-12H2,1-2H3/t13-/m0/s1. The second-order valence-electron chi connectivity index (χ2n) is 4.83. The van der Waals surface area contributed by atoms with Gasteiger partial charge >= 0.3 is 0 Å². The number of halogens is 1. The first-order chi connectivity index (χ1) is 9.69. The Morgan fingerprint density at radius 2 is 1.70 bits per heavy atom. The molecule has 1 atom stereocenters. The van der Waals surface area contributed by atoms with E-state index < -0.39 is 0 Å². The molecule has 0 heterocycles. The van der Waals surface area contributed by atoms with Gasteiger partial charge in [0.15, 0.2) is 0 Å². The lowest BCUT2D eigenvalue weighted by Crippen LogP contribution is -2.21. The molecule has 0 aromatic heterocycles. The van der Waals surface area contributed by atoms with E-state index in [2.05, 4.69) is 24.4 Å². The number of nitrogens with one attached hydrogen (secondary N) is 1. The Bertz CT molecular complexity index is 522.